The second-order valence-corrected chi connectivity index (χ2v) is 5.30. The molecule has 1 atom stereocenters. The third kappa shape index (κ3) is 3.05. The summed E-state index contributed by atoms with van der Waals surface area (Å²) in [5.41, 5.74) is 1.81. The predicted molar refractivity (Wildman–Crippen MR) is 79.2 cm³/mol. The number of alkyl halides is 2. The molecule has 3 rings (SSSR count). The topological polar surface area (TPSA) is 30.5 Å². The Morgan fingerprint density at radius 3 is 2.32 bits per heavy atom. The van der Waals surface area contributed by atoms with Crippen molar-refractivity contribution in [2.75, 3.05) is 7.11 Å². The van der Waals surface area contributed by atoms with E-state index in [4.69, 9.17) is 9.57 Å². The van der Waals surface area contributed by atoms with Crippen LogP contribution in [0.3, 0.4) is 0 Å². The van der Waals surface area contributed by atoms with Gasteiger partial charge >= 0.3 is 5.92 Å². The molecule has 0 saturated heterocycles. The molecule has 0 fully saturated rings. The first-order valence-electron chi connectivity index (χ1n) is 7.14. The van der Waals surface area contributed by atoms with Crippen molar-refractivity contribution >= 4 is 5.70 Å². The van der Waals surface area contributed by atoms with Gasteiger partial charge in [-0.1, -0.05) is 0 Å². The molecule has 8 heteroatoms. The van der Waals surface area contributed by atoms with E-state index >= 15 is 0 Å². The van der Waals surface area contributed by atoms with E-state index < -0.39 is 35.0 Å². The average Bonchev–Trinajstić information content (AvgIpc) is 3.10. The van der Waals surface area contributed by atoms with Crippen molar-refractivity contribution in [3.8, 4) is 5.75 Å². The van der Waals surface area contributed by atoms with Crippen LogP contribution >= 0.6 is 0 Å². The van der Waals surface area contributed by atoms with Gasteiger partial charge < -0.3 is 4.74 Å². The van der Waals surface area contributed by atoms with Crippen molar-refractivity contribution in [1.82, 2.24) is 5.48 Å². The lowest BCUT2D eigenvalue weighted by atomic mass is 10.0. The highest BCUT2D eigenvalue weighted by Crippen LogP contribution is 2.39. The summed E-state index contributed by atoms with van der Waals surface area (Å²) >= 11 is 0. The Kier molecular flexibility index (Phi) is 4.38. The van der Waals surface area contributed by atoms with Crippen LogP contribution in [0.4, 0.5) is 22.0 Å². The van der Waals surface area contributed by atoms with Gasteiger partial charge in [-0.15, -0.1) is 0 Å². The van der Waals surface area contributed by atoms with Gasteiger partial charge in [-0.3, -0.25) is 10.3 Å². The summed E-state index contributed by atoms with van der Waals surface area (Å²) in [4.78, 5) is 4.81. The van der Waals surface area contributed by atoms with Crippen molar-refractivity contribution < 1.29 is 31.5 Å². The SMILES string of the molecule is COc1ccc(C2=CC(C(F)(F)c3ccc(F)c(F)c3F)ON2)cc1. The molecular formula is C17H12F5NO2. The Labute approximate surface area is 139 Å². The molecule has 0 spiro atoms. The molecule has 3 nitrogen and oxygen atoms in total. The number of hydrogen-bond donors (Lipinski definition) is 1. The lowest BCUT2D eigenvalue weighted by Gasteiger charge is -2.21. The summed E-state index contributed by atoms with van der Waals surface area (Å²) in [6, 6.07) is 7.41. The zero-order valence-electron chi connectivity index (χ0n) is 12.8. The van der Waals surface area contributed by atoms with Gasteiger partial charge in [0.05, 0.1) is 18.4 Å². The molecular weight excluding hydrogens is 345 g/mol. The van der Waals surface area contributed by atoms with Gasteiger partial charge in [0.1, 0.15) is 5.75 Å². The largest absolute Gasteiger partial charge is 0.497 e. The van der Waals surface area contributed by atoms with Crippen LogP contribution in [0, 0.1) is 17.5 Å². The first-order valence-corrected chi connectivity index (χ1v) is 7.14. The summed E-state index contributed by atoms with van der Waals surface area (Å²) in [6.07, 6.45) is -0.855. The van der Waals surface area contributed by atoms with E-state index in [0.29, 0.717) is 23.4 Å². The molecule has 0 amide bonds. The zero-order valence-corrected chi connectivity index (χ0v) is 12.8. The molecule has 1 unspecified atom stereocenters. The Morgan fingerprint density at radius 2 is 1.68 bits per heavy atom. The molecule has 0 bridgehead atoms. The minimum absolute atomic E-state index is 0.232. The van der Waals surface area contributed by atoms with E-state index in [-0.39, 0.29) is 5.70 Å². The fourth-order valence-corrected chi connectivity index (χ4v) is 2.39. The summed E-state index contributed by atoms with van der Waals surface area (Å²) in [7, 11) is 1.48. The molecule has 25 heavy (non-hydrogen) atoms. The van der Waals surface area contributed by atoms with Crippen molar-refractivity contribution in [3.63, 3.8) is 0 Å². The summed E-state index contributed by atoms with van der Waals surface area (Å²) in [6.45, 7) is 0. The quantitative estimate of drug-likeness (QED) is 0.659. The monoisotopic (exact) mass is 357 g/mol. The van der Waals surface area contributed by atoms with Crippen LogP contribution in [0.15, 0.2) is 42.5 Å². The van der Waals surface area contributed by atoms with Gasteiger partial charge in [-0.25, -0.2) is 13.2 Å². The van der Waals surface area contributed by atoms with Crippen molar-refractivity contribution in [2.45, 2.75) is 12.0 Å². The van der Waals surface area contributed by atoms with E-state index in [1.165, 1.54) is 7.11 Å². The molecule has 1 aliphatic heterocycles. The molecule has 0 aliphatic carbocycles. The van der Waals surface area contributed by atoms with Crippen molar-refractivity contribution in [2.24, 2.45) is 0 Å². The number of ether oxygens (including phenoxy) is 1. The van der Waals surface area contributed by atoms with Gasteiger partial charge in [0.25, 0.3) is 0 Å². The molecule has 2 aromatic carbocycles. The van der Waals surface area contributed by atoms with Gasteiger partial charge in [-0.05, 0) is 48.0 Å². The fraction of sp³-hybridized carbons (Fsp3) is 0.176. The standard InChI is InChI=1S/C17H12F5NO2/c1-24-10-4-2-9(3-5-10)13-8-14(25-23-13)17(21,22)11-6-7-12(18)16(20)15(11)19/h2-8,14,23H,1H3. The first kappa shape index (κ1) is 17.2. The number of benzene rings is 2. The highest BCUT2D eigenvalue weighted by molar-refractivity contribution is 5.65. The number of rotatable bonds is 4. The summed E-state index contributed by atoms with van der Waals surface area (Å²) < 4.78 is 73.9. The maximum Gasteiger partial charge on any atom is 0.307 e. The van der Waals surface area contributed by atoms with E-state index in [2.05, 4.69) is 5.48 Å². The van der Waals surface area contributed by atoms with Crippen LogP contribution in [0.5, 0.6) is 5.75 Å². The fourth-order valence-electron chi connectivity index (χ4n) is 2.39. The molecule has 0 saturated carbocycles. The van der Waals surface area contributed by atoms with E-state index in [0.717, 1.165) is 6.08 Å². The molecule has 1 aliphatic rings. The number of halogens is 5. The third-order valence-corrected chi connectivity index (χ3v) is 3.77. The molecule has 1 heterocycles. The van der Waals surface area contributed by atoms with E-state index in [1.807, 2.05) is 0 Å². The number of methoxy groups -OCH3 is 1. The maximum absolute atomic E-state index is 14.5. The van der Waals surface area contributed by atoms with Crippen LogP contribution in [0.2, 0.25) is 0 Å². The van der Waals surface area contributed by atoms with Gasteiger partial charge in [0, 0.05) is 0 Å². The predicted octanol–water partition coefficient (Wildman–Crippen LogP) is 4.15. The molecule has 0 aromatic heterocycles. The highest BCUT2D eigenvalue weighted by atomic mass is 19.3. The number of hydrogen-bond acceptors (Lipinski definition) is 3. The third-order valence-electron chi connectivity index (χ3n) is 3.77. The number of hydroxylamine groups is 1. The molecule has 2 aromatic rings. The average molecular weight is 357 g/mol. The van der Waals surface area contributed by atoms with Crippen molar-refractivity contribution in [1.29, 1.82) is 0 Å². The summed E-state index contributed by atoms with van der Waals surface area (Å²) in [5.74, 6) is -8.78. The highest BCUT2D eigenvalue weighted by Gasteiger charge is 2.47. The second-order valence-electron chi connectivity index (χ2n) is 5.30. The first-order chi connectivity index (χ1) is 11.8. The maximum atomic E-state index is 14.5. The molecule has 0 radical (unpaired) electrons. The van der Waals surface area contributed by atoms with Crippen LogP contribution in [-0.4, -0.2) is 13.2 Å². The zero-order chi connectivity index (χ0) is 18.2. The van der Waals surface area contributed by atoms with Gasteiger partial charge in [0.15, 0.2) is 23.6 Å². The molecule has 1 N–H and O–H groups in total. The van der Waals surface area contributed by atoms with Crippen LogP contribution in [0.25, 0.3) is 5.70 Å². The summed E-state index contributed by atoms with van der Waals surface area (Å²) in [5, 5.41) is 0. The number of nitrogens with one attached hydrogen (secondary N) is 1. The Bertz CT molecular complexity index is 821. The minimum atomic E-state index is -3.92. The minimum Gasteiger partial charge on any atom is -0.497 e. The second kappa shape index (κ2) is 6.36. The van der Waals surface area contributed by atoms with Gasteiger partial charge in [0.2, 0.25) is 0 Å². The normalized spacial score (nSPS) is 17.2. The smallest absolute Gasteiger partial charge is 0.307 e. The van der Waals surface area contributed by atoms with Crippen LogP contribution in [-0.2, 0) is 10.8 Å². The van der Waals surface area contributed by atoms with Crippen LogP contribution < -0.4 is 10.2 Å². The van der Waals surface area contributed by atoms with Gasteiger partial charge in [-0.2, -0.15) is 8.78 Å². The van der Waals surface area contributed by atoms with Crippen LogP contribution in [0.1, 0.15) is 11.1 Å². The molecule has 132 valence electrons. The Morgan fingerprint density at radius 1 is 1.00 bits per heavy atom. The Balaban J connectivity index is 1.91. The van der Waals surface area contributed by atoms with E-state index in [1.54, 1.807) is 24.3 Å². The Hall–Kier alpha value is -2.61. The van der Waals surface area contributed by atoms with E-state index in [9.17, 15) is 22.0 Å². The van der Waals surface area contributed by atoms with Crippen molar-refractivity contribution in [3.05, 3.63) is 71.1 Å². The lowest BCUT2D eigenvalue weighted by molar-refractivity contribution is -0.133. The lowest BCUT2D eigenvalue weighted by Crippen LogP contribution is -2.32.